The van der Waals surface area contributed by atoms with E-state index in [4.69, 9.17) is 19.7 Å². The standard InChI is InChI=1S/C22H30N2O3.C4H4O4/c25-22(24-14-16-26-17-15-24)9-6-18-4-7-20(8-5-18)27-21-10-12-23(13-11-21)19-2-1-3-19;5-3(6)1-2-4(7)8/h4-9,19,21H,1-3,10-17H2;1-2H,(H,5,6)(H,7,8)/b;2-1+. The first-order valence-electron chi connectivity index (χ1n) is 12.1. The lowest BCUT2D eigenvalue weighted by Gasteiger charge is -2.41. The molecule has 9 nitrogen and oxygen atoms in total. The number of ether oxygens (including phenoxy) is 2. The molecule has 2 aliphatic heterocycles. The van der Waals surface area contributed by atoms with Gasteiger partial charge in [-0.1, -0.05) is 18.6 Å². The van der Waals surface area contributed by atoms with E-state index < -0.39 is 11.9 Å². The third-order valence-electron chi connectivity index (χ3n) is 6.36. The van der Waals surface area contributed by atoms with Crippen molar-refractivity contribution in [1.82, 2.24) is 9.80 Å². The van der Waals surface area contributed by atoms with Gasteiger partial charge in [-0.25, -0.2) is 9.59 Å². The lowest BCUT2D eigenvalue weighted by Crippen LogP contribution is -2.46. The number of carbonyl (C=O) groups excluding carboxylic acids is 1. The third-order valence-corrected chi connectivity index (χ3v) is 6.36. The Labute approximate surface area is 205 Å². The highest BCUT2D eigenvalue weighted by molar-refractivity contribution is 5.92. The monoisotopic (exact) mass is 486 g/mol. The molecule has 1 aliphatic carbocycles. The minimum Gasteiger partial charge on any atom is -0.490 e. The summed E-state index contributed by atoms with van der Waals surface area (Å²) in [4.78, 5) is 35.7. The second-order valence-corrected chi connectivity index (χ2v) is 8.79. The number of nitrogens with zero attached hydrogens (tertiary/aromatic N) is 2. The van der Waals surface area contributed by atoms with Crippen molar-refractivity contribution in [2.24, 2.45) is 0 Å². The number of hydrogen-bond donors (Lipinski definition) is 2. The second kappa shape index (κ2) is 13.7. The lowest BCUT2D eigenvalue weighted by molar-refractivity contribution is -0.134. The summed E-state index contributed by atoms with van der Waals surface area (Å²) in [5.74, 6) is -1.54. The molecular weight excluding hydrogens is 452 g/mol. The molecule has 1 aromatic rings. The number of carboxylic acid groups (broad SMARTS) is 2. The molecule has 190 valence electrons. The van der Waals surface area contributed by atoms with Gasteiger partial charge >= 0.3 is 11.9 Å². The highest BCUT2D eigenvalue weighted by Gasteiger charge is 2.29. The van der Waals surface area contributed by atoms with Crippen LogP contribution in [-0.4, -0.2) is 89.4 Å². The van der Waals surface area contributed by atoms with Crippen molar-refractivity contribution >= 4 is 23.9 Å². The molecule has 2 N–H and O–H groups in total. The Morgan fingerprint density at radius 1 is 0.857 bits per heavy atom. The van der Waals surface area contributed by atoms with Crippen LogP contribution in [0.3, 0.4) is 0 Å². The first kappa shape index (κ1) is 26.4. The summed E-state index contributed by atoms with van der Waals surface area (Å²) in [6, 6.07) is 8.90. The van der Waals surface area contributed by atoms with E-state index in [9.17, 15) is 14.4 Å². The number of piperidine rings is 1. The fraction of sp³-hybridized carbons (Fsp3) is 0.500. The van der Waals surface area contributed by atoms with Crippen LogP contribution in [0.25, 0.3) is 6.08 Å². The van der Waals surface area contributed by atoms with Crippen molar-refractivity contribution in [3.63, 3.8) is 0 Å². The largest absolute Gasteiger partial charge is 0.490 e. The molecule has 0 atom stereocenters. The number of hydrogen-bond acceptors (Lipinski definition) is 6. The van der Waals surface area contributed by atoms with Crippen molar-refractivity contribution in [1.29, 1.82) is 0 Å². The number of rotatable bonds is 7. The average Bonchev–Trinajstić information content (AvgIpc) is 2.83. The van der Waals surface area contributed by atoms with Gasteiger partial charge in [-0.2, -0.15) is 0 Å². The maximum absolute atomic E-state index is 12.2. The Bertz CT molecular complexity index is 879. The molecule has 1 amide bonds. The number of carboxylic acids is 2. The van der Waals surface area contributed by atoms with Gasteiger partial charge in [0, 0.05) is 50.4 Å². The summed E-state index contributed by atoms with van der Waals surface area (Å²) in [5.41, 5.74) is 1.02. The maximum Gasteiger partial charge on any atom is 0.328 e. The Morgan fingerprint density at radius 2 is 1.46 bits per heavy atom. The van der Waals surface area contributed by atoms with Gasteiger partial charge in [-0.3, -0.25) is 4.79 Å². The van der Waals surface area contributed by atoms with Gasteiger partial charge in [0.25, 0.3) is 0 Å². The Morgan fingerprint density at radius 3 is 1.97 bits per heavy atom. The van der Waals surface area contributed by atoms with E-state index in [0.29, 0.717) is 44.6 Å². The number of morpholine rings is 1. The molecule has 4 rings (SSSR count). The first-order chi connectivity index (χ1) is 16.9. The van der Waals surface area contributed by atoms with Crippen LogP contribution < -0.4 is 4.74 Å². The van der Waals surface area contributed by atoms with Crippen molar-refractivity contribution in [3.05, 3.63) is 48.1 Å². The van der Waals surface area contributed by atoms with Crippen LogP contribution in [0.4, 0.5) is 0 Å². The van der Waals surface area contributed by atoms with E-state index in [-0.39, 0.29) is 5.91 Å². The molecule has 2 saturated heterocycles. The van der Waals surface area contributed by atoms with E-state index in [0.717, 1.165) is 30.2 Å². The van der Waals surface area contributed by atoms with Gasteiger partial charge < -0.3 is 29.5 Å². The van der Waals surface area contributed by atoms with Gasteiger partial charge in [-0.15, -0.1) is 0 Å². The highest BCUT2D eigenvalue weighted by Crippen LogP contribution is 2.28. The van der Waals surface area contributed by atoms with Crippen LogP contribution in [0.5, 0.6) is 5.75 Å². The van der Waals surface area contributed by atoms with E-state index >= 15 is 0 Å². The molecule has 1 aromatic carbocycles. The van der Waals surface area contributed by atoms with Crippen LogP contribution >= 0.6 is 0 Å². The molecule has 0 aromatic heterocycles. The van der Waals surface area contributed by atoms with Gasteiger partial charge in [0.1, 0.15) is 11.9 Å². The van der Waals surface area contributed by atoms with E-state index in [2.05, 4.69) is 4.90 Å². The molecule has 3 fully saturated rings. The molecule has 0 radical (unpaired) electrons. The molecular formula is C26H34N2O7. The van der Waals surface area contributed by atoms with Crippen molar-refractivity contribution < 1.29 is 34.1 Å². The van der Waals surface area contributed by atoms with Crippen molar-refractivity contribution in [2.45, 2.75) is 44.2 Å². The number of amides is 1. The molecule has 35 heavy (non-hydrogen) atoms. The Kier molecular flexibility index (Phi) is 10.3. The van der Waals surface area contributed by atoms with E-state index in [1.165, 1.54) is 32.4 Å². The minimum atomic E-state index is -1.26. The fourth-order valence-electron chi connectivity index (χ4n) is 4.16. The van der Waals surface area contributed by atoms with Crippen molar-refractivity contribution in [3.8, 4) is 5.75 Å². The predicted molar refractivity (Wildman–Crippen MR) is 130 cm³/mol. The van der Waals surface area contributed by atoms with Crippen LogP contribution in [0.1, 0.15) is 37.7 Å². The number of carbonyl (C=O) groups is 3. The van der Waals surface area contributed by atoms with Gasteiger partial charge in [0.15, 0.2) is 0 Å². The SMILES string of the molecule is O=C(C=Cc1ccc(OC2CCN(C3CCC3)CC2)cc1)N1CCOCC1.O=C(O)/C=C/C(=O)O. The highest BCUT2D eigenvalue weighted by atomic mass is 16.5. The van der Waals surface area contributed by atoms with Gasteiger partial charge in [0.2, 0.25) is 5.91 Å². The van der Waals surface area contributed by atoms with Crippen molar-refractivity contribution in [2.75, 3.05) is 39.4 Å². The summed E-state index contributed by atoms with van der Waals surface area (Å²) >= 11 is 0. The van der Waals surface area contributed by atoms with Crippen LogP contribution in [-0.2, 0) is 19.1 Å². The second-order valence-electron chi connectivity index (χ2n) is 8.79. The smallest absolute Gasteiger partial charge is 0.328 e. The van der Waals surface area contributed by atoms with Crippen LogP contribution in [0.2, 0.25) is 0 Å². The zero-order valence-electron chi connectivity index (χ0n) is 19.9. The zero-order chi connectivity index (χ0) is 25.0. The normalized spacial score (nSPS) is 19.7. The quantitative estimate of drug-likeness (QED) is 0.565. The third kappa shape index (κ3) is 9.18. The Hall–Kier alpha value is -3.17. The first-order valence-corrected chi connectivity index (χ1v) is 12.1. The molecule has 2 heterocycles. The fourth-order valence-corrected chi connectivity index (χ4v) is 4.16. The van der Waals surface area contributed by atoms with E-state index in [1.54, 1.807) is 6.08 Å². The molecule has 0 bridgehead atoms. The van der Waals surface area contributed by atoms with E-state index in [1.807, 2.05) is 35.2 Å². The lowest BCUT2D eigenvalue weighted by atomic mass is 9.90. The summed E-state index contributed by atoms with van der Waals surface area (Å²) in [5, 5.41) is 15.6. The summed E-state index contributed by atoms with van der Waals surface area (Å²) in [6.07, 6.45) is 11.4. The number of likely N-dealkylation sites (tertiary alicyclic amines) is 1. The minimum absolute atomic E-state index is 0.0526. The number of aliphatic carboxylic acids is 2. The number of benzene rings is 1. The molecule has 3 aliphatic rings. The molecule has 0 unspecified atom stereocenters. The maximum atomic E-state index is 12.2. The van der Waals surface area contributed by atoms with Gasteiger partial charge in [-0.05, 0) is 49.5 Å². The summed E-state index contributed by atoms with van der Waals surface area (Å²) in [6.45, 7) is 4.95. The molecule has 1 saturated carbocycles. The van der Waals surface area contributed by atoms with Gasteiger partial charge in [0.05, 0.1) is 13.2 Å². The van der Waals surface area contributed by atoms with Crippen LogP contribution in [0.15, 0.2) is 42.5 Å². The zero-order valence-corrected chi connectivity index (χ0v) is 19.9. The molecule has 9 heteroatoms. The molecule has 0 spiro atoms. The average molecular weight is 487 g/mol. The summed E-state index contributed by atoms with van der Waals surface area (Å²) < 4.78 is 11.5. The topological polar surface area (TPSA) is 117 Å². The predicted octanol–water partition coefficient (Wildman–Crippen LogP) is 2.67. The Balaban J connectivity index is 0.000000371. The van der Waals surface area contributed by atoms with Crippen LogP contribution in [0, 0.1) is 0 Å². The summed E-state index contributed by atoms with van der Waals surface area (Å²) in [7, 11) is 0.